The number of nitrogens with one attached hydrogen (secondary N) is 1. The van der Waals surface area contributed by atoms with Gasteiger partial charge in [0.05, 0.1) is 23.0 Å². The molecule has 4 aromatic rings. The van der Waals surface area contributed by atoms with Crippen LogP contribution in [0.5, 0.6) is 0 Å². The number of hydrogen-bond donors (Lipinski definition) is 1. The molecule has 0 aliphatic rings. The number of H-pyrrole nitrogens is 1. The van der Waals surface area contributed by atoms with E-state index < -0.39 is 0 Å². The maximum Gasteiger partial charge on any atom is 0.274 e. The lowest BCUT2D eigenvalue weighted by molar-refractivity contribution is 0.563. The maximum absolute atomic E-state index is 12.9. The molecule has 2 aromatic heterocycles. The van der Waals surface area contributed by atoms with Gasteiger partial charge in [0.25, 0.3) is 5.56 Å². The topological polar surface area (TPSA) is 74.0 Å². The van der Waals surface area contributed by atoms with Gasteiger partial charge in [-0.1, -0.05) is 56.6 Å². The summed E-state index contributed by atoms with van der Waals surface area (Å²) in [5, 5.41) is 14.5. The summed E-state index contributed by atoms with van der Waals surface area (Å²) < 4.78 is 1.40. The van der Waals surface area contributed by atoms with E-state index in [2.05, 4.69) is 36.9 Å². The fourth-order valence-electron chi connectivity index (χ4n) is 3.37. The molecule has 2 heterocycles. The van der Waals surface area contributed by atoms with Gasteiger partial charge in [-0.3, -0.25) is 4.79 Å². The maximum atomic E-state index is 12.9. The highest BCUT2D eigenvalue weighted by Crippen LogP contribution is 2.35. The first kappa shape index (κ1) is 19.0. The van der Waals surface area contributed by atoms with Crippen LogP contribution in [0.4, 0.5) is 0 Å². The second-order valence-corrected chi connectivity index (χ2v) is 8.39. The second-order valence-electron chi connectivity index (χ2n) is 7.95. The molecule has 1 N–H and O–H groups in total. The van der Waals surface area contributed by atoms with Crippen LogP contribution >= 0.6 is 11.6 Å². The van der Waals surface area contributed by atoms with Crippen molar-refractivity contribution in [3.63, 3.8) is 0 Å². The molecule has 0 saturated carbocycles. The number of nitrogens with zero attached hydrogens (tertiary/aromatic N) is 3. The normalized spacial score (nSPS) is 11.6. The van der Waals surface area contributed by atoms with E-state index in [0.717, 1.165) is 22.4 Å². The molecule has 2 aromatic carbocycles. The predicted octanol–water partition coefficient (Wildman–Crippen LogP) is 5.18. The summed E-state index contributed by atoms with van der Waals surface area (Å²) in [5.41, 5.74) is 4.64. The lowest BCUT2D eigenvalue weighted by Crippen LogP contribution is -2.17. The SMILES string of the molecule is CC(C)(C)c1nn2c(=O)cc(-c3cccc(C#N)c3)[nH]c2c1-c1ccc(Cl)cc1. The van der Waals surface area contributed by atoms with Gasteiger partial charge >= 0.3 is 0 Å². The van der Waals surface area contributed by atoms with Gasteiger partial charge in [-0.05, 0) is 35.4 Å². The molecule has 0 aliphatic heterocycles. The van der Waals surface area contributed by atoms with Crippen LogP contribution < -0.4 is 5.56 Å². The van der Waals surface area contributed by atoms with Crippen LogP contribution in [-0.4, -0.2) is 14.6 Å². The average molecular weight is 403 g/mol. The summed E-state index contributed by atoms with van der Waals surface area (Å²) in [4.78, 5) is 16.3. The van der Waals surface area contributed by atoms with Crippen molar-refractivity contribution >= 4 is 17.2 Å². The highest BCUT2D eigenvalue weighted by atomic mass is 35.5. The molecule has 4 rings (SSSR count). The van der Waals surface area contributed by atoms with E-state index in [4.69, 9.17) is 11.6 Å². The first-order chi connectivity index (χ1) is 13.8. The molecular formula is C23H19ClN4O. The number of nitriles is 1. The Morgan fingerprint density at radius 1 is 1.07 bits per heavy atom. The van der Waals surface area contributed by atoms with Crippen LogP contribution in [0.2, 0.25) is 5.02 Å². The average Bonchev–Trinajstić information content (AvgIpc) is 3.09. The monoisotopic (exact) mass is 402 g/mol. The largest absolute Gasteiger partial charge is 0.339 e. The Bertz CT molecular complexity index is 1320. The van der Waals surface area contributed by atoms with Crippen LogP contribution in [0, 0.1) is 11.3 Å². The Morgan fingerprint density at radius 3 is 2.45 bits per heavy atom. The van der Waals surface area contributed by atoms with E-state index in [1.807, 2.05) is 30.3 Å². The van der Waals surface area contributed by atoms with Crippen molar-refractivity contribution in [2.75, 3.05) is 0 Å². The zero-order chi connectivity index (χ0) is 20.8. The second kappa shape index (κ2) is 6.91. The Morgan fingerprint density at radius 2 is 1.79 bits per heavy atom. The lowest BCUT2D eigenvalue weighted by Gasteiger charge is -2.17. The Hall–Kier alpha value is -3.36. The first-order valence-corrected chi connectivity index (χ1v) is 9.59. The van der Waals surface area contributed by atoms with Gasteiger partial charge in [0, 0.05) is 22.1 Å². The highest BCUT2D eigenvalue weighted by Gasteiger charge is 2.26. The molecule has 144 valence electrons. The van der Waals surface area contributed by atoms with Crippen LogP contribution in [0.3, 0.4) is 0 Å². The van der Waals surface area contributed by atoms with E-state index >= 15 is 0 Å². The van der Waals surface area contributed by atoms with Crippen molar-refractivity contribution in [3.8, 4) is 28.5 Å². The van der Waals surface area contributed by atoms with Crippen LogP contribution in [-0.2, 0) is 5.41 Å². The predicted molar refractivity (Wildman–Crippen MR) is 115 cm³/mol. The van der Waals surface area contributed by atoms with Gasteiger partial charge in [-0.25, -0.2) is 0 Å². The summed E-state index contributed by atoms with van der Waals surface area (Å²) >= 11 is 6.08. The molecule has 0 atom stereocenters. The molecule has 0 radical (unpaired) electrons. The van der Waals surface area contributed by atoms with Gasteiger partial charge in [0.1, 0.15) is 5.65 Å². The van der Waals surface area contributed by atoms with Crippen molar-refractivity contribution in [2.24, 2.45) is 0 Å². The Balaban J connectivity index is 2.06. The van der Waals surface area contributed by atoms with E-state index in [1.54, 1.807) is 18.2 Å². The van der Waals surface area contributed by atoms with Crippen molar-refractivity contribution in [1.29, 1.82) is 5.26 Å². The molecule has 6 heteroatoms. The molecule has 29 heavy (non-hydrogen) atoms. The third-order valence-corrected chi connectivity index (χ3v) is 5.01. The van der Waals surface area contributed by atoms with Crippen molar-refractivity contribution < 1.29 is 0 Å². The quantitative estimate of drug-likeness (QED) is 0.502. The molecule has 0 spiro atoms. The molecule has 0 unspecified atom stereocenters. The number of fused-ring (bicyclic) bond motifs is 1. The van der Waals surface area contributed by atoms with E-state index in [9.17, 15) is 10.1 Å². The van der Waals surface area contributed by atoms with Crippen LogP contribution in [0.15, 0.2) is 59.4 Å². The van der Waals surface area contributed by atoms with Gasteiger partial charge in [0.15, 0.2) is 0 Å². The summed E-state index contributed by atoms with van der Waals surface area (Å²) in [6, 6.07) is 18.3. The van der Waals surface area contributed by atoms with Crippen LogP contribution in [0.1, 0.15) is 32.0 Å². The van der Waals surface area contributed by atoms with Crippen molar-refractivity contribution in [3.05, 3.63) is 81.2 Å². The first-order valence-electron chi connectivity index (χ1n) is 9.21. The van der Waals surface area contributed by atoms with Crippen molar-refractivity contribution in [1.82, 2.24) is 14.6 Å². The van der Waals surface area contributed by atoms with Gasteiger partial charge in [-0.15, -0.1) is 0 Å². The number of rotatable bonds is 2. The van der Waals surface area contributed by atoms with Crippen LogP contribution in [0.25, 0.3) is 28.0 Å². The van der Waals surface area contributed by atoms with Gasteiger partial charge in [-0.2, -0.15) is 14.9 Å². The van der Waals surface area contributed by atoms with Crippen molar-refractivity contribution in [2.45, 2.75) is 26.2 Å². The smallest absolute Gasteiger partial charge is 0.274 e. The van der Waals surface area contributed by atoms with Gasteiger partial charge < -0.3 is 4.98 Å². The molecule has 5 nitrogen and oxygen atoms in total. The zero-order valence-electron chi connectivity index (χ0n) is 16.3. The molecular weight excluding hydrogens is 384 g/mol. The summed E-state index contributed by atoms with van der Waals surface area (Å²) in [6.45, 7) is 6.20. The third-order valence-electron chi connectivity index (χ3n) is 4.76. The number of aromatic amines is 1. The molecule has 0 fully saturated rings. The number of aromatic nitrogens is 3. The number of benzene rings is 2. The minimum atomic E-state index is -0.276. The summed E-state index contributed by atoms with van der Waals surface area (Å²) in [7, 11) is 0. The summed E-state index contributed by atoms with van der Waals surface area (Å²) in [6.07, 6.45) is 0. The number of halogens is 1. The fraction of sp³-hybridized carbons (Fsp3) is 0.174. The third kappa shape index (κ3) is 3.43. The van der Waals surface area contributed by atoms with Gasteiger partial charge in [0.2, 0.25) is 0 Å². The molecule has 0 amide bonds. The Kier molecular flexibility index (Phi) is 4.52. The van der Waals surface area contributed by atoms with E-state index in [1.165, 1.54) is 10.6 Å². The fourth-order valence-corrected chi connectivity index (χ4v) is 3.49. The minimum Gasteiger partial charge on any atom is -0.339 e. The minimum absolute atomic E-state index is 0.234. The molecule has 0 saturated heterocycles. The Labute approximate surface area is 173 Å². The standard InChI is InChI=1S/C23H19ClN4O/c1-23(2,3)21-20(15-7-9-17(24)10-8-15)22-26-18(12-19(29)28(22)27-21)16-6-4-5-14(11-16)13-25/h4-12,26H,1-3H3. The summed E-state index contributed by atoms with van der Waals surface area (Å²) in [5.74, 6) is 0. The molecule has 0 aliphatic carbocycles. The highest BCUT2D eigenvalue weighted by molar-refractivity contribution is 6.30. The zero-order valence-corrected chi connectivity index (χ0v) is 17.1. The lowest BCUT2D eigenvalue weighted by atomic mass is 9.87. The van der Waals surface area contributed by atoms with E-state index in [0.29, 0.717) is 21.9 Å². The number of hydrogen-bond acceptors (Lipinski definition) is 3. The molecule has 0 bridgehead atoms. The van der Waals surface area contributed by atoms with E-state index in [-0.39, 0.29) is 11.0 Å².